The Morgan fingerprint density at radius 2 is 2.08 bits per heavy atom. The Balaban J connectivity index is 1.18. The smallest absolute Gasteiger partial charge is 0.351 e. The van der Waals surface area contributed by atoms with Crippen LogP contribution in [0, 0.1) is 0 Å². The number of ether oxygens (including phenoxy) is 4. The fraction of sp³-hybridized carbons (Fsp3) is 0.385. The number of amides is 1. The molecule has 1 saturated heterocycles. The molecule has 6 rings (SSSR count). The molecule has 1 aromatic carbocycles. The maximum absolute atomic E-state index is 12.8. The van der Waals surface area contributed by atoms with Crippen molar-refractivity contribution in [1.82, 2.24) is 19.9 Å². The van der Waals surface area contributed by atoms with Crippen molar-refractivity contribution in [3.8, 4) is 28.8 Å². The van der Waals surface area contributed by atoms with E-state index in [4.69, 9.17) is 18.9 Å². The van der Waals surface area contributed by atoms with Crippen molar-refractivity contribution in [2.45, 2.75) is 38.0 Å². The van der Waals surface area contributed by atoms with Crippen LogP contribution in [0.5, 0.6) is 17.5 Å². The van der Waals surface area contributed by atoms with E-state index >= 15 is 0 Å². The summed E-state index contributed by atoms with van der Waals surface area (Å²) in [6.07, 6.45) is 3.58. The zero-order valence-corrected chi connectivity index (χ0v) is 19.6. The fourth-order valence-corrected chi connectivity index (χ4v) is 4.75. The number of fused-ring (bicyclic) bond motifs is 4. The van der Waals surface area contributed by atoms with Crippen LogP contribution in [0.1, 0.15) is 28.8 Å². The van der Waals surface area contributed by atoms with Crippen molar-refractivity contribution < 1.29 is 23.7 Å². The lowest BCUT2D eigenvalue weighted by Crippen LogP contribution is -2.39. The molecule has 3 aliphatic rings. The van der Waals surface area contributed by atoms with Crippen molar-refractivity contribution in [3.05, 3.63) is 64.2 Å². The van der Waals surface area contributed by atoms with Gasteiger partial charge in [0.05, 0.1) is 5.69 Å². The first-order valence-corrected chi connectivity index (χ1v) is 12.1. The second-order valence-electron chi connectivity index (χ2n) is 9.06. The average Bonchev–Trinajstić information content (AvgIpc) is 2.92. The summed E-state index contributed by atoms with van der Waals surface area (Å²) in [7, 11) is 0. The summed E-state index contributed by atoms with van der Waals surface area (Å²) in [6.45, 7) is 2.29. The van der Waals surface area contributed by atoms with E-state index in [9.17, 15) is 9.59 Å². The number of nitrogens with zero attached hydrogens (tertiary/aromatic N) is 3. The monoisotopic (exact) mass is 490 g/mol. The first-order chi connectivity index (χ1) is 17.6. The average molecular weight is 491 g/mol. The minimum absolute atomic E-state index is 0.0853. The van der Waals surface area contributed by atoms with E-state index in [1.165, 1.54) is 0 Å². The highest BCUT2D eigenvalue weighted by Gasteiger charge is 2.25. The quantitative estimate of drug-likeness (QED) is 0.578. The van der Waals surface area contributed by atoms with Crippen molar-refractivity contribution in [3.63, 3.8) is 0 Å². The van der Waals surface area contributed by atoms with Crippen LogP contribution < -0.4 is 25.2 Å². The van der Waals surface area contributed by atoms with E-state index < -0.39 is 0 Å². The van der Waals surface area contributed by atoms with E-state index in [2.05, 4.69) is 15.3 Å². The van der Waals surface area contributed by atoms with Gasteiger partial charge in [0.25, 0.3) is 11.8 Å². The first kappa shape index (κ1) is 22.5. The molecule has 1 amide bonds. The molecule has 186 valence electrons. The Morgan fingerprint density at radius 3 is 2.97 bits per heavy atom. The van der Waals surface area contributed by atoms with Gasteiger partial charge in [-0.15, -0.1) is 0 Å². The lowest BCUT2D eigenvalue weighted by Gasteiger charge is -2.26. The van der Waals surface area contributed by atoms with Crippen molar-refractivity contribution in [2.75, 3.05) is 26.4 Å². The third-order valence-corrected chi connectivity index (χ3v) is 6.65. The van der Waals surface area contributed by atoms with Crippen LogP contribution in [-0.4, -0.2) is 59.0 Å². The Labute approximate surface area is 207 Å². The van der Waals surface area contributed by atoms with Gasteiger partial charge in [-0.25, -0.2) is 9.78 Å². The van der Waals surface area contributed by atoms with Gasteiger partial charge in [0.1, 0.15) is 13.2 Å². The Morgan fingerprint density at radius 1 is 1.19 bits per heavy atom. The number of aryl methyl sites for hydroxylation is 1. The second kappa shape index (κ2) is 9.62. The van der Waals surface area contributed by atoms with E-state index in [0.29, 0.717) is 43.4 Å². The van der Waals surface area contributed by atoms with E-state index in [1.54, 1.807) is 35.0 Å². The molecule has 1 fully saturated rings. The van der Waals surface area contributed by atoms with Gasteiger partial charge < -0.3 is 24.3 Å². The zero-order valence-electron chi connectivity index (χ0n) is 19.6. The van der Waals surface area contributed by atoms with Gasteiger partial charge in [0.2, 0.25) is 5.88 Å². The van der Waals surface area contributed by atoms with Crippen LogP contribution in [0.15, 0.2) is 47.4 Å². The maximum atomic E-state index is 12.8. The number of aromatic nitrogens is 3. The molecule has 36 heavy (non-hydrogen) atoms. The van der Waals surface area contributed by atoms with Gasteiger partial charge in [0, 0.05) is 49.2 Å². The molecule has 1 atom stereocenters. The Hall–Kier alpha value is -3.92. The zero-order chi connectivity index (χ0) is 24.5. The minimum atomic E-state index is -0.371. The highest BCUT2D eigenvalue weighted by atomic mass is 16.6. The number of pyridine rings is 1. The summed E-state index contributed by atoms with van der Waals surface area (Å²) >= 11 is 0. The van der Waals surface area contributed by atoms with Crippen LogP contribution in [0.25, 0.3) is 11.3 Å². The summed E-state index contributed by atoms with van der Waals surface area (Å²) < 4.78 is 24.3. The van der Waals surface area contributed by atoms with Gasteiger partial charge in [-0.05, 0) is 49.1 Å². The summed E-state index contributed by atoms with van der Waals surface area (Å²) in [5.41, 5.74) is 2.87. The molecule has 0 spiro atoms. The van der Waals surface area contributed by atoms with E-state index in [0.717, 1.165) is 29.7 Å². The summed E-state index contributed by atoms with van der Waals surface area (Å²) in [5.74, 6) is 1.15. The molecule has 1 N–H and O–H groups in total. The standard InChI is InChI=1S/C26H26N4O6/c31-24(28-18-6-10-33-11-7-18)17-3-4-20-16(12-17)5-9-30-21(20)13-23(29-26(30)32)34-14-19-15-35-25-22(36-19)2-1-8-27-25/h1-4,8,12-13,18-19H,5-7,9-11,14-15H2,(H,28,31). The predicted molar refractivity (Wildman–Crippen MR) is 129 cm³/mol. The Kier molecular flexibility index (Phi) is 6.02. The van der Waals surface area contributed by atoms with Crippen molar-refractivity contribution >= 4 is 5.91 Å². The largest absolute Gasteiger partial charge is 0.478 e. The molecule has 0 saturated carbocycles. The van der Waals surface area contributed by atoms with E-state index in [-0.39, 0.29) is 42.8 Å². The summed E-state index contributed by atoms with van der Waals surface area (Å²) in [6, 6.07) is 11.1. The van der Waals surface area contributed by atoms with Crippen LogP contribution >= 0.6 is 0 Å². The molecule has 2 aromatic heterocycles. The molecule has 1 unspecified atom stereocenters. The Bertz CT molecular complexity index is 1350. The number of rotatable bonds is 5. The molecule has 5 heterocycles. The SMILES string of the molecule is O=C(NC1CCOCC1)c1ccc2c(c1)CCn1c-2cc(OCC2COc3ncccc3O2)nc1=O. The number of benzene rings is 1. The molecule has 0 bridgehead atoms. The molecule has 0 aliphatic carbocycles. The third-order valence-electron chi connectivity index (χ3n) is 6.65. The maximum Gasteiger partial charge on any atom is 0.351 e. The lowest BCUT2D eigenvalue weighted by molar-refractivity contribution is 0.0486. The number of hydrogen-bond donors (Lipinski definition) is 1. The second-order valence-corrected chi connectivity index (χ2v) is 9.06. The van der Waals surface area contributed by atoms with Crippen LogP contribution in [0.4, 0.5) is 0 Å². The lowest BCUT2D eigenvalue weighted by atomic mass is 9.95. The highest BCUT2D eigenvalue weighted by Crippen LogP contribution is 2.31. The molecule has 10 heteroatoms. The topological polar surface area (TPSA) is 114 Å². The molecule has 3 aliphatic heterocycles. The molecular weight excluding hydrogens is 464 g/mol. The van der Waals surface area contributed by atoms with Gasteiger partial charge in [0.15, 0.2) is 11.9 Å². The van der Waals surface area contributed by atoms with Crippen LogP contribution in [0.3, 0.4) is 0 Å². The number of hydrogen-bond acceptors (Lipinski definition) is 8. The number of nitrogens with one attached hydrogen (secondary N) is 1. The van der Waals surface area contributed by atoms with Gasteiger partial charge >= 0.3 is 5.69 Å². The van der Waals surface area contributed by atoms with Crippen molar-refractivity contribution in [2.24, 2.45) is 0 Å². The molecule has 10 nitrogen and oxygen atoms in total. The van der Waals surface area contributed by atoms with Crippen molar-refractivity contribution in [1.29, 1.82) is 0 Å². The molecule has 3 aromatic rings. The van der Waals surface area contributed by atoms with Gasteiger partial charge in [-0.3, -0.25) is 9.36 Å². The number of carbonyl (C=O) groups excluding carboxylic acids is 1. The van der Waals surface area contributed by atoms with Gasteiger partial charge in [-0.2, -0.15) is 4.98 Å². The molecular formula is C26H26N4O6. The minimum Gasteiger partial charge on any atom is -0.478 e. The number of carbonyl (C=O) groups is 1. The normalized spacial score (nSPS) is 18.6. The predicted octanol–water partition coefficient (Wildman–Crippen LogP) is 1.99. The van der Waals surface area contributed by atoms with Crippen LogP contribution in [-0.2, 0) is 17.7 Å². The van der Waals surface area contributed by atoms with Crippen LogP contribution in [0.2, 0.25) is 0 Å². The summed E-state index contributed by atoms with van der Waals surface area (Å²) in [4.78, 5) is 33.8. The first-order valence-electron chi connectivity index (χ1n) is 12.1. The third kappa shape index (κ3) is 4.51. The molecule has 0 radical (unpaired) electrons. The van der Waals surface area contributed by atoms with Gasteiger partial charge in [-0.1, -0.05) is 6.07 Å². The highest BCUT2D eigenvalue weighted by molar-refractivity contribution is 5.95. The summed E-state index contributed by atoms with van der Waals surface area (Å²) in [5, 5.41) is 3.10. The fourth-order valence-electron chi connectivity index (χ4n) is 4.75. The van der Waals surface area contributed by atoms with E-state index in [1.807, 2.05) is 12.1 Å².